The van der Waals surface area contributed by atoms with E-state index in [0.717, 1.165) is 25.0 Å². The lowest BCUT2D eigenvalue weighted by Crippen LogP contribution is -2.38. The second kappa shape index (κ2) is 9.42. The molecule has 5 heteroatoms. The lowest BCUT2D eigenvalue weighted by molar-refractivity contribution is 0.0549. The summed E-state index contributed by atoms with van der Waals surface area (Å²) in [5.41, 5.74) is 1.56. The quantitative estimate of drug-likeness (QED) is 0.746. The van der Waals surface area contributed by atoms with Crippen LogP contribution in [0.2, 0.25) is 0 Å². The number of benzene rings is 1. The van der Waals surface area contributed by atoms with Crippen molar-refractivity contribution >= 4 is 12.0 Å². The van der Waals surface area contributed by atoms with E-state index < -0.39 is 0 Å². The number of amides is 1. The molecule has 0 bridgehead atoms. The van der Waals surface area contributed by atoms with E-state index in [1.54, 1.807) is 12.3 Å². The molecule has 1 aromatic carbocycles. The molecule has 1 unspecified atom stereocenters. The molecule has 1 aliphatic rings. The highest BCUT2D eigenvalue weighted by molar-refractivity contribution is 5.92. The predicted octanol–water partition coefficient (Wildman–Crippen LogP) is 3.93. The lowest BCUT2D eigenvalue weighted by Gasteiger charge is -2.24. The fraction of sp³-hybridized carbons (Fsp3) is 0.409. The van der Waals surface area contributed by atoms with Gasteiger partial charge in [-0.2, -0.15) is 0 Å². The number of hydrogen-bond acceptors (Lipinski definition) is 4. The van der Waals surface area contributed by atoms with E-state index in [1.165, 1.54) is 0 Å². The minimum absolute atomic E-state index is 0.0764. The van der Waals surface area contributed by atoms with Gasteiger partial charge in [0.05, 0.1) is 6.10 Å². The standard InChI is InChI=1S/C22H27N3O2/c1-17(2)21-23-13-12-20(24-21)22(26)25(16-19-11-7-15-27-19)14-6-10-18-8-4-3-5-9-18/h3-6,8-10,12-13,17,19H,7,11,14-16H2,1-2H3/b10-6+. The largest absolute Gasteiger partial charge is 0.376 e. The van der Waals surface area contributed by atoms with Gasteiger partial charge >= 0.3 is 0 Å². The van der Waals surface area contributed by atoms with Crippen LogP contribution in [-0.2, 0) is 4.74 Å². The third kappa shape index (κ3) is 5.47. The first-order valence-electron chi connectivity index (χ1n) is 9.59. The lowest BCUT2D eigenvalue weighted by atomic mass is 10.2. The predicted molar refractivity (Wildman–Crippen MR) is 106 cm³/mol. The zero-order valence-corrected chi connectivity index (χ0v) is 16.0. The molecule has 2 aromatic rings. The van der Waals surface area contributed by atoms with Crippen LogP contribution in [0.1, 0.15) is 54.5 Å². The number of nitrogens with zero attached hydrogens (tertiary/aromatic N) is 3. The average Bonchev–Trinajstić information content (AvgIpc) is 3.21. The number of hydrogen-bond donors (Lipinski definition) is 0. The summed E-state index contributed by atoms with van der Waals surface area (Å²) in [6, 6.07) is 11.8. The second-order valence-electron chi connectivity index (χ2n) is 7.11. The summed E-state index contributed by atoms with van der Waals surface area (Å²) in [4.78, 5) is 23.6. The Morgan fingerprint density at radius 3 is 2.81 bits per heavy atom. The first-order chi connectivity index (χ1) is 13.1. The van der Waals surface area contributed by atoms with E-state index in [-0.39, 0.29) is 17.9 Å². The van der Waals surface area contributed by atoms with E-state index in [1.807, 2.05) is 61.2 Å². The minimum atomic E-state index is -0.0764. The van der Waals surface area contributed by atoms with Gasteiger partial charge in [0.25, 0.3) is 5.91 Å². The van der Waals surface area contributed by atoms with E-state index >= 15 is 0 Å². The summed E-state index contributed by atoms with van der Waals surface area (Å²) in [6.45, 7) is 5.93. The summed E-state index contributed by atoms with van der Waals surface area (Å²) < 4.78 is 5.75. The molecule has 5 nitrogen and oxygen atoms in total. The van der Waals surface area contributed by atoms with Crippen LogP contribution in [0.25, 0.3) is 6.08 Å². The van der Waals surface area contributed by atoms with Gasteiger partial charge in [-0.05, 0) is 24.5 Å². The van der Waals surface area contributed by atoms with Gasteiger partial charge in [-0.15, -0.1) is 0 Å². The van der Waals surface area contributed by atoms with E-state index in [4.69, 9.17) is 4.74 Å². The Kier molecular flexibility index (Phi) is 6.71. The molecule has 2 heterocycles. The van der Waals surface area contributed by atoms with E-state index in [9.17, 15) is 4.79 Å². The average molecular weight is 365 g/mol. The minimum Gasteiger partial charge on any atom is -0.376 e. The Balaban J connectivity index is 1.75. The second-order valence-corrected chi connectivity index (χ2v) is 7.11. The third-order valence-corrected chi connectivity index (χ3v) is 4.58. The molecule has 1 fully saturated rings. The zero-order valence-electron chi connectivity index (χ0n) is 16.0. The molecule has 1 amide bonds. The third-order valence-electron chi connectivity index (χ3n) is 4.58. The first-order valence-corrected chi connectivity index (χ1v) is 9.59. The molecule has 1 aliphatic heterocycles. The number of ether oxygens (including phenoxy) is 1. The van der Waals surface area contributed by atoms with Crippen LogP contribution in [-0.4, -0.2) is 46.6 Å². The number of carbonyl (C=O) groups is 1. The molecule has 1 atom stereocenters. The zero-order chi connectivity index (χ0) is 19.1. The van der Waals surface area contributed by atoms with Gasteiger partial charge in [-0.1, -0.05) is 56.3 Å². The molecule has 0 N–H and O–H groups in total. The summed E-state index contributed by atoms with van der Waals surface area (Å²) in [6.07, 6.45) is 7.87. The van der Waals surface area contributed by atoms with Crippen molar-refractivity contribution in [1.82, 2.24) is 14.9 Å². The SMILES string of the molecule is CC(C)c1nccc(C(=O)N(C/C=C/c2ccccc2)CC2CCCO2)n1. The number of aromatic nitrogens is 2. The van der Waals surface area contributed by atoms with E-state index in [2.05, 4.69) is 9.97 Å². The van der Waals surface area contributed by atoms with Crippen molar-refractivity contribution in [2.24, 2.45) is 0 Å². The van der Waals surface area contributed by atoms with Crippen LogP contribution < -0.4 is 0 Å². The maximum Gasteiger partial charge on any atom is 0.272 e. The number of rotatable bonds is 7. The molecular formula is C22H27N3O2. The van der Waals surface area contributed by atoms with Crippen molar-refractivity contribution in [3.8, 4) is 0 Å². The Morgan fingerprint density at radius 1 is 1.30 bits per heavy atom. The van der Waals surface area contributed by atoms with Crippen molar-refractivity contribution in [3.63, 3.8) is 0 Å². The Labute approximate surface area is 161 Å². The molecule has 142 valence electrons. The molecule has 1 saturated heterocycles. The van der Waals surface area contributed by atoms with Gasteiger partial charge in [0.2, 0.25) is 0 Å². The van der Waals surface area contributed by atoms with Gasteiger partial charge in [-0.3, -0.25) is 4.79 Å². The number of carbonyl (C=O) groups excluding carboxylic acids is 1. The summed E-state index contributed by atoms with van der Waals surface area (Å²) in [7, 11) is 0. The van der Waals surface area contributed by atoms with Crippen LogP contribution in [0.3, 0.4) is 0 Å². The molecule has 0 aliphatic carbocycles. The normalized spacial score (nSPS) is 16.9. The van der Waals surface area contributed by atoms with Crippen LogP contribution in [0, 0.1) is 0 Å². The highest BCUT2D eigenvalue weighted by atomic mass is 16.5. The summed E-state index contributed by atoms with van der Waals surface area (Å²) in [5.74, 6) is 0.799. The van der Waals surface area contributed by atoms with Gasteiger partial charge in [0.15, 0.2) is 0 Å². The van der Waals surface area contributed by atoms with Crippen molar-refractivity contribution in [2.45, 2.75) is 38.7 Å². The van der Waals surface area contributed by atoms with Crippen LogP contribution >= 0.6 is 0 Å². The van der Waals surface area contributed by atoms with Gasteiger partial charge in [-0.25, -0.2) is 9.97 Å². The molecule has 27 heavy (non-hydrogen) atoms. The highest BCUT2D eigenvalue weighted by Gasteiger charge is 2.24. The van der Waals surface area contributed by atoms with Crippen LogP contribution in [0.4, 0.5) is 0 Å². The smallest absolute Gasteiger partial charge is 0.272 e. The van der Waals surface area contributed by atoms with Crippen molar-refractivity contribution in [2.75, 3.05) is 19.7 Å². The Bertz CT molecular complexity index is 768. The first kappa shape index (κ1) is 19.2. The van der Waals surface area contributed by atoms with Crippen LogP contribution in [0.5, 0.6) is 0 Å². The molecule has 3 rings (SSSR count). The van der Waals surface area contributed by atoms with Gasteiger partial charge < -0.3 is 9.64 Å². The van der Waals surface area contributed by atoms with Gasteiger partial charge in [0, 0.05) is 31.8 Å². The molecule has 0 radical (unpaired) electrons. The fourth-order valence-corrected chi connectivity index (χ4v) is 3.09. The fourth-order valence-electron chi connectivity index (χ4n) is 3.09. The Morgan fingerprint density at radius 2 is 2.11 bits per heavy atom. The Hall–Kier alpha value is -2.53. The van der Waals surface area contributed by atoms with E-state index in [0.29, 0.717) is 24.6 Å². The highest BCUT2D eigenvalue weighted by Crippen LogP contribution is 2.16. The maximum absolute atomic E-state index is 13.1. The van der Waals surface area contributed by atoms with Crippen LogP contribution in [0.15, 0.2) is 48.7 Å². The van der Waals surface area contributed by atoms with Gasteiger partial charge in [0.1, 0.15) is 11.5 Å². The molecule has 0 saturated carbocycles. The van der Waals surface area contributed by atoms with Crippen molar-refractivity contribution < 1.29 is 9.53 Å². The topological polar surface area (TPSA) is 55.3 Å². The summed E-state index contributed by atoms with van der Waals surface area (Å²) >= 11 is 0. The molecule has 0 spiro atoms. The maximum atomic E-state index is 13.1. The summed E-state index contributed by atoms with van der Waals surface area (Å²) in [5, 5.41) is 0. The molecule has 1 aromatic heterocycles. The molecular weight excluding hydrogens is 338 g/mol. The van der Waals surface area contributed by atoms with Crippen molar-refractivity contribution in [3.05, 3.63) is 65.8 Å². The van der Waals surface area contributed by atoms with Crippen molar-refractivity contribution in [1.29, 1.82) is 0 Å². The monoisotopic (exact) mass is 365 g/mol.